The molecule has 3 heterocycles. The molecule has 2 N–H and O–H groups in total. The Bertz CT molecular complexity index is 1680. The van der Waals surface area contributed by atoms with Crippen LogP contribution in [-0.4, -0.2) is 49.2 Å². The number of aromatic amines is 1. The molecule has 0 aliphatic rings. The first-order valence-electron chi connectivity index (χ1n) is 11.5. The molecule has 0 aliphatic heterocycles. The smallest absolute Gasteiger partial charge is 0.263 e. The zero-order chi connectivity index (χ0) is 26.1. The first kappa shape index (κ1) is 23.8. The zero-order valence-electron chi connectivity index (χ0n) is 20.8. The maximum atomic E-state index is 12.9. The lowest BCUT2D eigenvalue weighted by Crippen LogP contribution is -2.23. The molecule has 5 aromatic rings. The van der Waals surface area contributed by atoms with E-state index in [1.54, 1.807) is 49.0 Å². The van der Waals surface area contributed by atoms with Gasteiger partial charge in [0.15, 0.2) is 12.3 Å². The molecule has 37 heavy (non-hydrogen) atoms. The van der Waals surface area contributed by atoms with Crippen molar-refractivity contribution in [1.29, 1.82) is 0 Å². The fourth-order valence-corrected chi connectivity index (χ4v) is 3.82. The van der Waals surface area contributed by atoms with E-state index >= 15 is 0 Å². The molecule has 0 saturated carbocycles. The van der Waals surface area contributed by atoms with E-state index in [-0.39, 0.29) is 18.1 Å². The molecule has 0 atom stereocenters. The van der Waals surface area contributed by atoms with Crippen LogP contribution < -0.4 is 20.3 Å². The summed E-state index contributed by atoms with van der Waals surface area (Å²) in [5, 5.41) is 11.9. The summed E-state index contributed by atoms with van der Waals surface area (Å²) in [5.74, 6) is 1.18. The molecule has 0 aliphatic carbocycles. The number of methoxy groups -OCH3 is 1. The predicted octanol–water partition coefficient (Wildman–Crippen LogP) is 3.25. The number of benzene rings is 2. The third kappa shape index (κ3) is 4.79. The van der Waals surface area contributed by atoms with Crippen LogP contribution in [0.5, 0.6) is 11.5 Å². The number of carbonyl (C=O) groups excluding carboxylic acids is 1. The van der Waals surface area contributed by atoms with Crippen molar-refractivity contribution in [3.05, 3.63) is 81.9 Å². The molecule has 0 radical (unpaired) electrons. The predicted molar refractivity (Wildman–Crippen MR) is 138 cm³/mol. The standard InChI is InChI=1S/C26H25N7O4/c1-15-8-9-18(10-16(15)2)32-24-21(13-27-32)25(35)30-26(29-24)33-22(11-17(3)31-33)28-23(34)14-37-20-7-5-6-19(12-20)36-4/h5-13H,14H2,1-4H3,(H,28,34)(H,29,30,35). The van der Waals surface area contributed by atoms with Gasteiger partial charge in [-0.1, -0.05) is 12.1 Å². The van der Waals surface area contributed by atoms with Crippen LogP contribution in [-0.2, 0) is 4.79 Å². The minimum absolute atomic E-state index is 0.139. The Morgan fingerprint density at radius 2 is 1.84 bits per heavy atom. The number of hydrogen-bond acceptors (Lipinski definition) is 7. The molecular weight excluding hydrogens is 474 g/mol. The normalized spacial score (nSPS) is 11.0. The van der Waals surface area contributed by atoms with Crippen molar-refractivity contribution in [2.24, 2.45) is 0 Å². The summed E-state index contributed by atoms with van der Waals surface area (Å²) in [7, 11) is 1.56. The van der Waals surface area contributed by atoms with E-state index in [1.165, 1.54) is 10.9 Å². The molecule has 5 rings (SSSR count). The van der Waals surface area contributed by atoms with Gasteiger partial charge in [-0.15, -0.1) is 0 Å². The quantitative estimate of drug-likeness (QED) is 0.352. The van der Waals surface area contributed by atoms with Gasteiger partial charge in [0, 0.05) is 12.1 Å². The van der Waals surface area contributed by atoms with E-state index in [1.807, 2.05) is 32.0 Å². The molecule has 0 bridgehead atoms. The molecule has 3 aromatic heterocycles. The zero-order valence-corrected chi connectivity index (χ0v) is 20.8. The fourth-order valence-electron chi connectivity index (χ4n) is 3.82. The van der Waals surface area contributed by atoms with Crippen molar-refractivity contribution >= 4 is 22.8 Å². The maximum Gasteiger partial charge on any atom is 0.263 e. The number of hydrogen-bond donors (Lipinski definition) is 2. The second-order valence-electron chi connectivity index (χ2n) is 8.55. The van der Waals surface area contributed by atoms with Crippen molar-refractivity contribution < 1.29 is 14.3 Å². The van der Waals surface area contributed by atoms with E-state index in [2.05, 4.69) is 25.5 Å². The Hall–Kier alpha value is -4.93. The summed E-state index contributed by atoms with van der Waals surface area (Å²) in [6.07, 6.45) is 1.48. The Balaban J connectivity index is 1.44. The van der Waals surface area contributed by atoms with Crippen molar-refractivity contribution in [1.82, 2.24) is 29.5 Å². The monoisotopic (exact) mass is 499 g/mol. The summed E-state index contributed by atoms with van der Waals surface area (Å²) in [6, 6.07) is 14.5. The van der Waals surface area contributed by atoms with Gasteiger partial charge in [0.1, 0.15) is 22.7 Å². The number of rotatable bonds is 7. The van der Waals surface area contributed by atoms with Crippen LogP contribution in [0.3, 0.4) is 0 Å². The molecule has 11 nitrogen and oxygen atoms in total. The molecular formula is C26H25N7O4. The van der Waals surface area contributed by atoms with Crippen molar-refractivity contribution in [3.63, 3.8) is 0 Å². The molecule has 11 heteroatoms. The molecule has 188 valence electrons. The number of fused-ring (bicyclic) bond motifs is 1. The van der Waals surface area contributed by atoms with E-state index < -0.39 is 5.91 Å². The van der Waals surface area contributed by atoms with Crippen molar-refractivity contribution in [2.45, 2.75) is 20.8 Å². The summed E-state index contributed by atoms with van der Waals surface area (Å²) < 4.78 is 13.7. The van der Waals surface area contributed by atoms with Gasteiger partial charge < -0.3 is 14.8 Å². The van der Waals surface area contributed by atoms with Crippen molar-refractivity contribution in [2.75, 3.05) is 19.0 Å². The van der Waals surface area contributed by atoms with Crippen LogP contribution >= 0.6 is 0 Å². The third-order valence-corrected chi connectivity index (χ3v) is 5.87. The van der Waals surface area contributed by atoms with Crippen LogP contribution in [0.1, 0.15) is 16.8 Å². The Morgan fingerprint density at radius 1 is 1.03 bits per heavy atom. The molecule has 2 aromatic carbocycles. The summed E-state index contributed by atoms with van der Waals surface area (Å²) in [6.45, 7) is 5.57. The number of nitrogens with one attached hydrogen (secondary N) is 2. The topological polar surface area (TPSA) is 129 Å². The lowest BCUT2D eigenvalue weighted by Gasteiger charge is -2.10. The maximum absolute atomic E-state index is 12.9. The van der Waals surface area contributed by atoms with Gasteiger partial charge in [-0.25, -0.2) is 4.68 Å². The SMILES string of the molecule is COc1cccc(OCC(=O)Nc2cc(C)nn2-c2nc3c(cnn3-c3ccc(C)c(C)c3)c(=O)[nH]2)c1. The average molecular weight is 500 g/mol. The Kier molecular flexibility index (Phi) is 6.18. The van der Waals surface area contributed by atoms with Gasteiger partial charge in [-0.2, -0.15) is 19.9 Å². The van der Waals surface area contributed by atoms with Crippen molar-refractivity contribution in [3.8, 4) is 23.1 Å². The van der Waals surface area contributed by atoms with E-state index in [4.69, 9.17) is 9.47 Å². The summed E-state index contributed by atoms with van der Waals surface area (Å²) in [4.78, 5) is 32.9. The van der Waals surface area contributed by atoms with Gasteiger partial charge in [0.25, 0.3) is 11.5 Å². The van der Waals surface area contributed by atoms with Crippen LogP contribution in [0.15, 0.2) is 59.5 Å². The number of H-pyrrole nitrogens is 1. The largest absolute Gasteiger partial charge is 0.497 e. The molecule has 0 unspecified atom stereocenters. The van der Waals surface area contributed by atoms with E-state index in [0.29, 0.717) is 34.0 Å². The highest BCUT2D eigenvalue weighted by Crippen LogP contribution is 2.21. The number of nitrogens with zero attached hydrogens (tertiary/aromatic N) is 5. The molecule has 0 saturated heterocycles. The molecule has 0 fully saturated rings. The average Bonchev–Trinajstić information content (AvgIpc) is 3.48. The van der Waals surface area contributed by atoms with E-state index in [0.717, 1.165) is 16.8 Å². The fraction of sp³-hybridized carbons (Fsp3) is 0.192. The lowest BCUT2D eigenvalue weighted by atomic mass is 10.1. The number of carbonyl (C=O) groups is 1. The number of anilines is 1. The summed E-state index contributed by atoms with van der Waals surface area (Å²) in [5.41, 5.74) is 3.64. The lowest BCUT2D eigenvalue weighted by molar-refractivity contribution is -0.118. The van der Waals surface area contributed by atoms with Crippen LogP contribution in [0.25, 0.3) is 22.7 Å². The highest BCUT2D eigenvalue weighted by Gasteiger charge is 2.17. The molecule has 0 spiro atoms. The second kappa shape index (κ2) is 9.61. The van der Waals surface area contributed by atoms with E-state index in [9.17, 15) is 9.59 Å². The van der Waals surface area contributed by atoms with Gasteiger partial charge in [0.05, 0.1) is 24.7 Å². The minimum atomic E-state index is -0.410. The first-order chi connectivity index (χ1) is 17.8. The minimum Gasteiger partial charge on any atom is -0.497 e. The van der Waals surface area contributed by atoms with Gasteiger partial charge >= 0.3 is 0 Å². The summed E-state index contributed by atoms with van der Waals surface area (Å²) >= 11 is 0. The van der Waals surface area contributed by atoms with Gasteiger partial charge in [-0.3, -0.25) is 14.6 Å². The Morgan fingerprint density at radius 3 is 2.62 bits per heavy atom. The van der Waals surface area contributed by atoms with Gasteiger partial charge in [0.2, 0.25) is 5.95 Å². The number of aromatic nitrogens is 6. The van der Waals surface area contributed by atoms with Crippen LogP contribution in [0.4, 0.5) is 5.82 Å². The van der Waals surface area contributed by atoms with Crippen LogP contribution in [0.2, 0.25) is 0 Å². The highest BCUT2D eigenvalue weighted by atomic mass is 16.5. The highest BCUT2D eigenvalue weighted by molar-refractivity contribution is 5.91. The first-order valence-corrected chi connectivity index (χ1v) is 11.5. The number of aryl methyl sites for hydroxylation is 3. The second-order valence-corrected chi connectivity index (χ2v) is 8.55. The Labute approximate surface area is 211 Å². The van der Waals surface area contributed by atoms with Crippen LogP contribution in [0, 0.1) is 20.8 Å². The number of amides is 1. The third-order valence-electron chi connectivity index (χ3n) is 5.87. The van der Waals surface area contributed by atoms with Gasteiger partial charge in [-0.05, 0) is 56.2 Å². The molecule has 1 amide bonds. The number of ether oxygens (including phenoxy) is 2.